The molecule has 2 aromatic carbocycles. The summed E-state index contributed by atoms with van der Waals surface area (Å²) in [5.41, 5.74) is 2.23. The van der Waals surface area contributed by atoms with Crippen molar-refractivity contribution in [3.63, 3.8) is 0 Å². The molecule has 3 amide bonds. The number of ether oxygens (including phenoxy) is 2. The van der Waals surface area contributed by atoms with Crippen LogP contribution in [0.25, 0.3) is 0 Å². The lowest BCUT2D eigenvalue weighted by Gasteiger charge is -2.10. The standard InChI is InChI=1S/C23H30N4O5/c1-31-13-4-11-24-23(30)18-5-3-6-20(15-18)27-21(28)16-26-19-9-7-17(8-10-19)22(29)25-12-14-32-2/h3,5-10,15,26H,4,11-14,16H2,1-2H3,(H,24,30)(H,25,29)(H,27,28). The van der Waals surface area contributed by atoms with Crippen molar-refractivity contribution in [1.29, 1.82) is 0 Å². The molecule has 9 nitrogen and oxygen atoms in total. The van der Waals surface area contributed by atoms with E-state index in [9.17, 15) is 14.4 Å². The van der Waals surface area contributed by atoms with Gasteiger partial charge in [0.05, 0.1) is 13.2 Å². The van der Waals surface area contributed by atoms with Gasteiger partial charge in [0, 0.05) is 56.4 Å². The molecule has 0 aliphatic heterocycles. The zero-order valence-electron chi connectivity index (χ0n) is 18.4. The normalized spacial score (nSPS) is 10.3. The van der Waals surface area contributed by atoms with Crippen LogP contribution in [0.1, 0.15) is 27.1 Å². The third-order valence-electron chi connectivity index (χ3n) is 4.41. The van der Waals surface area contributed by atoms with E-state index in [0.29, 0.717) is 48.8 Å². The Kier molecular flexibility index (Phi) is 10.7. The van der Waals surface area contributed by atoms with Crippen LogP contribution >= 0.6 is 0 Å². The number of hydrogen-bond donors (Lipinski definition) is 4. The molecule has 0 unspecified atom stereocenters. The molecule has 0 fully saturated rings. The summed E-state index contributed by atoms with van der Waals surface area (Å²) in [5, 5.41) is 11.3. The molecule has 32 heavy (non-hydrogen) atoms. The van der Waals surface area contributed by atoms with Gasteiger partial charge in [0.15, 0.2) is 0 Å². The Balaban J connectivity index is 1.80. The van der Waals surface area contributed by atoms with Crippen LogP contribution in [0.15, 0.2) is 48.5 Å². The van der Waals surface area contributed by atoms with E-state index in [1.807, 2.05) is 0 Å². The van der Waals surface area contributed by atoms with Gasteiger partial charge in [-0.3, -0.25) is 14.4 Å². The molecule has 0 aromatic heterocycles. The van der Waals surface area contributed by atoms with Gasteiger partial charge in [-0.05, 0) is 48.9 Å². The topological polar surface area (TPSA) is 118 Å². The first kappa shape index (κ1) is 24.8. The molecule has 0 aliphatic carbocycles. The summed E-state index contributed by atoms with van der Waals surface area (Å²) in [6.45, 7) is 2.01. The maximum absolute atomic E-state index is 12.3. The van der Waals surface area contributed by atoms with Crippen LogP contribution in [0.2, 0.25) is 0 Å². The zero-order chi connectivity index (χ0) is 23.2. The van der Waals surface area contributed by atoms with Gasteiger partial charge in [-0.15, -0.1) is 0 Å². The van der Waals surface area contributed by atoms with Crippen molar-refractivity contribution in [3.05, 3.63) is 59.7 Å². The van der Waals surface area contributed by atoms with Gasteiger partial charge >= 0.3 is 0 Å². The molecular weight excluding hydrogens is 412 g/mol. The summed E-state index contributed by atoms with van der Waals surface area (Å²) in [7, 11) is 3.18. The van der Waals surface area contributed by atoms with E-state index in [0.717, 1.165) is 6.42 Å². The summed E-state index contributed by atoms with van der Waals surface area (Å²) in [6, 6.07) is 13.6. The molecule has 9 heteroatoms. The number of benzene rings is 2. The number of carbonyl (C=O) groups is 3. The molecule has 2 rings (SSSR count). The molecule has 2 aromatic rings. The van der Waals surface area contributed by atoms with Crippen molar-refractivity contribution < 1.29 is 23.9 Å². The molecule has 0 spiro atoms. The highest BCUT2D eigenvalue weighted by Crippen LogP contribution is 2.12. The minimum atomic E-state index is -0.260. The van der Waals surface area contributed by atoms with E-state index in [-0.39, 0.29) is 24.3 Å². The third-order valence-corrected chi connectivity index (χ3v) is 4.41. The number of amides is 3. The molecule has 0 bridgehead atoms. The van der Waals surface area contributed by atoms with Crippen LogP contribution < -0.4 is 21.3 Å². The lowest BCUT2D eigenvalue weighted by atomic mass is 10.2. The number of carbonyl (C=O) groups excluding carboxylic acids is 3. The van der Waals surface area contributed by atoms with Gasteiger partial charge in [0.25, 0.3) is 11.8 Å². The van der Waals surface area contributed by atoms with Crippen LogP contribution in [-0.4, -0.2) is 64.8 Å². The zero-order valence-corrected chi connectivity index (χ0v) is 18.4. The predicted octanol–water partition coefficient (Wildman–Crippen LogP) is 1.88. The molecule has 0 radical (unpaired) electrons. The minimum absolute atomic E-state index is 0.0345. The van der Waals surface area contributed by atoms with E-state index in [1.54, 1.807) is 62.8 Å². The van der Waals surface area contributed by atoms with Gasteiger partial charge < -0.3 is 30.7 Å². The van der Waals surface area contributed by atoms with Gasteiger partial charge in [0.2, 0.25) is 5.91 Å². The van der Waals surface area contributed by atoms with Crippen molar-refractivity contribution in [2.24, 2.45) is 0 Å². The average molecular weight is 443 g/mol. The number of methoxy groups -OCH3 is 2. The van der Waals surface area contributed by atoms with Crippen molar-refractivity contribution in [2.75, 3.05) is 57.7 Å². The highest BCUT2D eigenvalue weighted by Gasteiger charge is 2.09. The summed E-state index contributed by atoms with van der Waals surface area (Å²) >= 11 is 0. The van der Waals surface area contributed by atoms with E-state index < -0.39 is 0 Å². The Labute approximate surface area is 187 Å². The second-order valence-electron chi connectivity index (χ2n) is 6.91. The SMILES string of the molecule is COCCCNC(=O)c1cccc(NC(=O)CNc2ccc(C(=O)NCCOC)cc2)c1. The fourth-order valence-corrected chi connectivity index (χ4v) is 2.75. The molecule has 172 valence electrons. The lowest BCUT2D eigenvalue weighted by molar-refractivity contribution is -0.114. The second-order valence-corrected chi connectivity index (χ2v) is 6.91. The summed E-state index contributed by atoms with van der Waals surface area (Å²) in [6.07, 6.45) is 0.726. The quantitative estimate of drug-likeness (QED) is 0.352. The minimum Gasteiger partial charge on any atom is -0.385 e. The van der Waals surface area contributed by atoms with E-state index in [1.165, 1.54) is 0 Å². The highest BCUT2D eigenvalue weighted by atomic mass is 16.5. The number of rotatable bonds is 13. The molecule has 0 atom stereocenters. The van der Waals surface area contributed by atoms with Crippen molar-refractivity contribution in [2.45, 2.75) is 6.42 Å². The Morgan fingerprint density at radius 2 is 1.47 bits per heavy atom. The smallest absolute Gasteiger partial charge is 0.251 e. The molecule has 0 heterocycles. The van der Waals surface area contributed by atoms with Gasteiger partial charge in [-0.1, -0.05) is 6.07 Å². The molecular formula is C23H30N4O5. The predicted molar refractivity (Wildman–Crippen MR) is 123 cm³/mol. The van der Waals surface area contributed by atoms with Gasteiger partial charge in [0.1, 0.15) is 0 Å². The van der Waals surface area contributed by atoms with E-state index >= 15 is 0 Å². The highest BCUT2D eigenvalue weighted by molar-refractivity contribution is 5.98. The molecule has 0 aliphatic rings. The number of nitrogens with one attached hydrogen (secondary N) is 4. The maximum atomic E-state index is 12.3. The Morgan fingerprint density at radius 3 is 2.19 bits per heavy atom. The molecule has 0 saturated carbocycles. The van der Waals surface area contributed by atoms with Gasteiger partial charge in [-0.25, -0.2) is 0 Å². The molecule has 0 saturated heterocycles. The number of anilines is 2. The van der Waals surface area contributed by atoms with E-state index in [4.69, 9.17) is 9.47 Å². The van der Waals surface area contributed by atoms with E-state index in [2.05, 4.69) is 21.3 Å². The first-order valence-corrected chi connectivity index (χ1v) is 10.3. The summed E-state index contributed by atoms with van der Waals surface area (Å²) < 4.78 is 9.85. The van der Waals surface area contributed by atoms with Crippen molar-refractivity contribution >= 4 is 29.1 Å². The maximum Gasteiger partial charge on any atom is 0.251 e. The average Bonchev–Trinajstić information content (AvgIpc) is 2.81. The largest absolute Gasteiger partial charge is 0.385 e. The summed E-state index contributed by atoms with van der Waals surface area (Å²) in [5.74, 6) is -0.653. The fourth-order valence-electron chi connectivity index (χ4n) is 2.75. The first-order chi connectivity index (χ1) is 15.5. The van der Waals surface area contributed by atoms with Crippen LogP contribution in [0.5, 0.6) is 0 Å². The fraction of sp³-hybridized carbons (Fsp3) is 0.348. The monoisotopic (exact) mass is 442 g/mol. The van der Waals surface area contributed by atoms with Crippen LogP contribution in [0, 0.1) is 0 Å². The molecule has 4 N–H and O–H groups in total. The van der Waals surface area contributed by atoms with Crippen molar-refractivity contribution in [1.82, 2.24) is 10.6 Å². The third kappa shape index (κ3) is 8.75. The summed E-state index contributed by atoms with van der Waals surface area (Å²) in [4.78, 5) is 36.4. The van der Waals surface area contributed by atoms with Crippen LogP contribution in [-0.2, 0) is 14.3 Å². The lowest BCUT2D eigenvalue weighted by Crippen LogP contribution is -2.27. The van der Waals surface area contributed by atoms with Crippen molar-refractivity contribution in [3.8, 4) is 0 Å². The van der Waals surface area contributed by atoms with Crippen LogP contribution in [0.4, 0.5) is 11.4 Å². The van der Waals surface area contributed by atoms with Crippen LogP contribution in [0.3, 0.4) is 0 Å². The number of hydrogen-bond acceptors (Lipinski definition) is 6. The van der Waals surface area contributed by atoms with Gasteiger partial charge in [-0.2, -0.15) is 0 Å². The Morgan fingerprint density at radius 1 is 0.781 bits per heavy atom. The Hall–Kier alpha value is -3.43. The second kappa shape index (κ2) is 13.8. The first-order valence-electron chi connectivity index (χ1n) is 10.3. The Bertz CT molecular complexity index is 886.